The lowest BCUT2D eigenvalue weighted by molar-refractivity contribution is -0.142. The van der Waals surface area contributed by atoms with E-state index < -0.39 is 47.9 Å². The molecule has 0 aliphatic rings. The molecule has 0 aliphatic carbocycles. The number of carboxylic acid groups (broad SMARTS) is 1. The largest absolute Gasteiger partial charge is 0.480 e. The average molecular weight is 552 g/mol. The lowest BCUT2D eigenvalue weighted by Crippen LogP contribution is -2.58. The summed E-state index contributed by atoms with van der Waals surface area (Å²) in [7, 11) is 0. The molecule has 12 nitrogen and oxygen atoms in total. The van der Waals surface area contributed by atoms with E-state index in [0.29, 0.717) is 18.6 Å². The van der Waals surface area contributed by atoms with Crippen LogP contribution in [0.5, 0.6) is 0 Å². The zero-order chi connectivity index (χ0) is 28.7. The maximum Gasteiger partial charge on any atom is 0.326 e. The Hall–Kier alpha value is -3.32. The molecule has 1 rings (SSSR count). The summed E-state index contributed by atoms with van der Waals surface area (Å²) in [6, 6.07) is 5.25. The minimum absolute atomic E-state index is 0.104. The van der Waals surface area contributed by atoms with Gasteiger partial charge in [-0.3, -0.25) is 19.4 Å². The highest BCUT2D eigenvalue weighted by Gasteiger charge is 2.31. The number of aliphatic imine (C=N–C) groups is 1. The van der Waals surface area contributed by atoms with Crippen LogP contribution >= 0.6 is 11.8 Å². The predicted octanol–water partition coefficient (Wildman–Crippen LogP) is -0.442. The number of carbonyl (C=O) groups is 4. The van der Waals surface area contributed by atoms with Crippen LogP contribution in [0.25, 0.3) is 0 Å². The Morgan fingerprint density at radius 1 is 0.947 bits per heavy atom. The van der Waals surface area contributed by atoms with Crippen molar-refractivity contribution in [1.29, 1.82) is 0 Å². The molecule has 0 aliphatic heterocycles. The van der Waals surface area contributed by atoms with Crippen molar-refractivity contribution in [3.05, 3.63) is 35.9 Å². The third-order valence-electron chi connectivity index (χ3n) is 5.69. The number of hydrogen-bond acceptors (Lipinski definition) is 7. The van der Waals surface area contributed by atoms with Gasteiger partial charge in [-0.2, -0.15) is 11.8 Å². The molecule has 4 unspecified atom stereocenters. The fourth-order valence-electron chi connectivity index (χ4n) is 3.56. The summed E-state index contributed by atoms with van der Waals surface area (Å²) in [4.78, 5) is 54.5. The third kappa shape index (κ3) is 12.3. The number of guanidine groups is 1. The molecule has 0 aromatic heterocycles. The van der Waals surface area contributed by atoms with Gasteiger partial charge in [0.15, 0.2) is 5.96 Å². The zero-order valence-corrected chi connectivity index (χ0v) is 23.0. The van der Waals surface area contributed by atoms with Crippen LogP contribution < -0.4 is 33.2 Å². The Balaban J connectivity index is 2.96. The van der Waals surface area contributed by atoms with Gasteiger partial charge in [0, 0.05) is 6.54 Å². The van der Waals surface area contributed by atoms with Gasteiger partial charge < -0.3 is 38.3 Å². The van der Waals surface area contributed by atoms with Gasteiger partial charge in [0.05, 0.1) is 6.04 Å². The second-order valence-corrected chi connectivity index (χ2v) is 10.2. The van der Waals surface area contributed by atoms with E-state index in [1.54, 1.807) is 13.8 Å². The second-order valence-electron chi connectivity index (χ2n) is 9.22. The minimum Gasteiger partial charge on any atom is -0.480 e. The SMILES string of the molecule is CSCCC(NC(=O)C(CCCN=C(N)N)NC(=O)C(NC(=O)C(N)Cc1ccccc1)C(C)C)C(=O)O. The average Bonchev–Trinajstić information content (AvgIpc) is 2.86. The molecule has 0 heterocycles. The van der Waals surface area contributed by atoms with Gasteiger partial charge in [0.1, 0.15) is 18.1 Å². The number of amides is 3. The first kappa shape index (κ1) is 32.7. The Kier molecular flexibility index (Phi) is 14.8. The first-order valence-electron chi connectivity index (χ1n) is 12.4. The number of benzene rings is 1. The van der Waals surface area contributed by atoms with Crippen LogP contribution in [0, 0.1) is 5.92 Å². The van der Waals surface area contributed by atoms with E-state index in [1.165, 1.54) is 11.8 Å². The van der Waals surface area contributed by atoms with Crippen molar-refractivity contribution in [3.8, 4) is 0 Å². The molecule has 1 aromatic rings. The maximum absolute atomic E-state index is 13.2. The number of nitrogens with one attached hydrogen (secondary N) is 3. The quantitative estimate of drug-likeness (QED) is 0.0757. The van der Waals surface area contributed by atoms with Crippen LogP contribution in [0.2, 0.25) is 0 Å². The highest BCUT2D eigenvalue weighted by atomic mass is 32.2. The van der Waals surface area contributed by atoms with Gasteiger partial charge in [-0.1, -0.05) is 44.2 Å². The minimum atomic E-state index is -1.17. The Morgan fingerprint density at radius 2 is 1.58 bits per heavy atom. The standard InChI is InChI=1S/C25H41N7O5S/c1-15(2)20(32-21(33)17(26)14-16-8-5-4-6-9-16)23(35)30-18(10-7-12-29-25(27)28)22(34)31-19(24(36)37)11-13-38-3/h4-6,8-9,15,17-20H,7,10-14,26H2,1-3H3,(H,30,35)(H,31,34)(H,32,33)(H,36,37)(H4,27,28,29). The molecule has 0 saturated carbocycles. The summed E-state index contributed by atoms with van der Waals surface area (Å²) >= 11 is 1.46. The van der Waals surface area contributed by atoms with Crippen LogP contribution in [0.3, 0.4) is 0 Å². The van der Waals surface area contributed by atoms with Crippen LogP contribution in [0.1, 0.15) is 38.7 Å². The first-order chi connectivity index (χ1) is 18.0. The zero-order valence-electron chi connectivity index (χ0n) is 22.2. The normalized spacial score (nSPS) is 14.0. The van der Waals surface area contributed by atoms with Crippen molar-refractivity contribution in [3.63, 3.8) is 0 Å². The lowest BCUT2D eigenvalue weighted by atomic mass is 10.0. The van der Waals surface area contributed by atoms with Crippen molar-refractivity contribution in [2.45, 2.75) is 63.7 Å². The summed E-state index contributed by atoms with van der Waals surface area (Å²) in [5.74, 6) is -2.79. The molecule has 0 saturated heterocycles. The number of rotatable bonds is 17. The molecule has 212 valence electrons. The Labute approximate surface area is 227 Å². The second kappa shape index (κ2) is 17.2. The molecule has 4 atom stereocenters. The van der Waals surface area contributed by atoms with Gasteiger partial charge in [-0.15, -0.1) is 0 Å². The molecule has 13 heteroatoms. The van der Waals surface area contributed by atoms with E-state index in [-0.39, 0.29) is 31.3 Å². The van der Waals surface area contributed by atoms with E-state index in [9.17, 15) is 24.3 Å². The molecule has 3 amide bonds. The Morgan fingerprint density at radius 3 is 2.13 bits per heavy atom. The smallest absolute Gasteiger partial charge is 0.326 e. The van der Waals surface area contributed by atoms with Crippen LogP contribution in [-0.2, 0) is 25.6 Å². The van der Waals surface area contributed by atoms with Crippen molar-refractivity contribution in [2.24, 2.45) is 28.1 Å². The molecule has 38 heavy (non-hydrogen) atoms. The summed E-state index contributed by atoms with van der Waals surface area (Å²) < 4.78 is 0. The molecular weight excluding hydrogens is 510 g/mol. The fourth-order valence-corrected chi connectivity index (χ4v) is 4.03. The predicted molar refractivity (Wildman–Crippen MR) is 149 cm³/mol. The van der Waals surface area contributed by atoms with E-state index in [1.807, 2.05) is 36.6 Å². The molecule has 10 N–H and O–H groups in total. The molecule has 0 radical (unpaired) electrons. The highest BCUT2D eigenvalue weighted by molar-refractivity contribution is 7.98. The molecular formula is C25H41N7O5S. The van der Waals surface area contributed by atoms with E-state index in [0.717, 1.165) is 5.56 Å². The van der Waals surface area contributed by atoms with Crippen LogP contribution in [0.15, 0.2) is 35.3 Å². The van der Waals surface area contributed by atoms with Crippen molar-refractivity contribution in [2.75, 3.05) is 18.6 Å². The molecule has 1 aromatic carbocycles. The van der Waals surface area contributed by atoms with E-state index in [4.69, 9.17) is 17.2 Å². The van der Waals surface area contributed by atoms with Gasteiger partial charge in [0.2, 0.25) is 17.7 Å². The van der Waals surface area contributed by atoms with Crippen molar-refractivity contribution >= 4 is 41.4 Å². The molecule has 0 bridgehead atoms. The molecule has 0 spiro atoms. The van der Waals surface area contributed by atoms with Crippen LogP contribution in [-0.4, -0.2) is 77.5 Å². The van der Waals surface area contributed by atoms with Crippen molar-refractivity contribution < 1.29 is 24.3 Å². The number of carbonyl (C=O) groups excluding carboxylic acids is 3. The number of aliphatic carboxylic acids is 1. The lowest BCUT2D eigenvalue weighted by Gasteiger charge is -2.27. The van der Waals surface area contributed by atoms with Gasteiger partial charge >= 0.3 is 5.97 Å². The van der Waals surface area contributed by atoms with Gasteiger partial charge in [-0.25, -0.2) is 4.79 Å². The van der Waals surface area contributed by atoms with Crippen LogP contribution in [0.4, 0.5) is 0 Å². The number of hydrogen-bond donors (Lipinski definition) is 7. The summed E-state index contributed by atoms with van der Waals surface area (Å²) in [5.41, 5.74) is 17.7. The monoisotopic (exact) mass is 551 g/mol. The summed E-state index contributed by atoms with van der Waals surface area (Å²) in [6.45, 7) is 3.73. The third-order valence-corrected chi connectivity index (χ3v) is 6.33. The van der Waals surface area contributed by atoms with Gasteiger partial charge in [0.25, 0.3) is 0 Å². The highest BCUT2D eigenvalue weighted by Crippen LogP contribution is 2.08. The number of thioether (sulfide) groups is 1. The number of carboxylic acids is 1. The maximum atomic E-state index is 13.2. The summed E-state index contributed by atoms with van der Waals surface area (Å²) in [6.07, 6.45) is 2.84. The number of nitrogens with two attached hydrogens (primary N) is 3. The van der Waals surface area contributed by atoms with E-state index in [2.05, 4.69) is 20.9 Å². The Bertz CT molecular complexity index is 941. The molecule has 0 fully saturated rings. The van der Waals surface area contributed by atoms with Crippen molar-refractivity contribution in [1.82, 2.24) is 16.0 Å². The van der Waals surface area contributed by atoms with Gasteiger partial charge in [-0.05, 0) is 49.2 Å². The fraction of sp³-hybridized carbons (Fsp3) is 0.560. The topological polar surface area (TPSA) is 215 Å². The number of nitrogens with zero attached hydrogens (tertiary/aromatic N) is 1. The summed E-state index contributed by atoms with van der Waals surface area (Å²) in [5, 5.41) is 17.3. The van der Waals surface area contributed by atoms with E-state index >= 15 is 0 Å². The first-order valence-corrected chi connectivity index (χ1v) is 13.8.